The summed E-state index contributed by atoms with van der Waals surface area (Å²) in [6.07, 6.45) is 11.6. The van der Waals surface area contributed by atoms with Crippen LogP contribution in [0.5, 0.6) is 0 Å². The van der Waals surface area contributed by atoms with Gasteiger partial charge in [0, 0.05) is 42.1 Å². The Morgan fingerprint density at radius 3 is 2.44 bits per heavy atom. The lowest BCUT2D eigenvalue weighted by molar-refractivity contribution is -0.481. The van der Waals surface area contributed by atoms with Gasteiger partial charge in [0.05, 0.1) is 0 Å². The van der Waals surface area contributed by atoms with Crippen LogP contribution in [0.15, 0.2) is 48.7 Å². The first kappa shape index (κ1) is 18.0. The molecule has 140 valence electrons. The van der Waals surface area contributed by atoms with E-state index in [1.807, 2.05) is 0 Å². The molecule has 2 heterocycles. The maximum atomic E-state index is 2.44. The molecule has 2 aromatic carbocycles. The van der Waals surface area contributed by atoms with Gasteiger partial charge in [-0.1, -0.05) is 29.3 Å². The van der Waals surface area contributed by atoms with E-state index >= 15 is 0 Å². The van der Waals surface area contributed by atoms with Crippen LogP contribution in [0.1, 0.15) is 48.9 Å². The van der Waals surface area contributed by atoms with E-state index in [1.165, 1.54) is 59.3 Å². The van der Waals surface area contributed by atoms with Crippen LogP contribution >= 0.6 is 0 Å². The maximum absolute atomic E-state index is 2.44. The summed E-state index contributed by atoms with van der Waals surface area (Å²) in [4.78, 5) is 2.44. The summed E-state index contributed by atoms with van der Waals surface area (Å²) in [5, 5.41) is 0. The van der Waals surface area contributed by atoms with Crippen LogP contribution in [0.3, 0.4) is 0 Å². The quantitative estimate of drug-likeness (QED) is 0.623. The average Bonchev–Trinajstić information content (AvgIpc) is 2.65. The number of fused-ring (bicyclic) bond motifs is 2. The molecule has 0 amide bonds. The molecule has 2 atom stereocenters. The Bertz CT molecular complexity index is 907. The van der Waals surface area contributed by atoms with Gasteiger partial charge in [-0.3, -0.25) is 0 Å². The second-order valence-corrected chi connectivity index (χ2v) is 8.34. The molecule has 0 aromatic heterocycles. The summed E-state index contributed by atoms with van der Waals surface area (Å²) in [5.41, 5.74) is 8.40. The van der Waals surface area contributed by atoms with Gasteiger partial charge in [0.15, 0.2) is 12.3 Å². The van der Waals surface area contributed by atoms with E-state index in [-0.39, 0.29) is 0 Å². The fourth-order valence-corrected chi connectivity index (χ4v) is 4.49. The van der Waals surface area contributed by atoms with Gasteiger partial charge in [-0.2, -0.15) is 4.58 Å². The molecule has 0 fully saturated rings. The van der Waals surface area contributed by atoms with Crippen molar-refractivity contribution in [3.63, 3.8) is 0 Å². The largest absolute Gasteiger partial charge is 0.345 e. The van der Waals surface area contributed by atoms with Crippen molar-refractivity contribution in [2.24, 2.45) is 0 Å². The molecule has 0 bridgehead atoms. The molecular formula is C25H31N2+. The summed E-state index contributed by atoms with van der Waals surface area (Å²) in [5.74, 6) is 0. The van der Waals surface area contributed by atoms with Crippen LogP contribution in [0.25, 0.3) is 0 Å². The van der Waals surface area contributed by atoms with Gasteiger partial charge in [0.1, 0.15) is 0 Å². The van der Waals surface area contributed by atoms with Gasteiger partial charge < -0.3 is 4.90 Å². The molecular weight excluding hydrogens is 328 g/mol. The standard InChI is InChI=1S/C25H31N2/c1-18-6-12-24-22(16-18)10-8-20(3)26(24)14-5-15-27-21(4)9-11-23-17-19(2)7-13-25(23)27/h5-7,12-17,20-21H,8-11H2,1-4H3/q+1. The van der Waals surface area contributed by atoms with E-state index in [0.29, 0.717) is 12.1 Å². The third-order valence-corrected chi connectivity index (χ3v) is 6.13. The first-order valence-electron chi connectivity index (χ1n) is 10.3. The average molecular weight is 360 g/mol. The highest BCUT2D eigenvalue weighted by Gasteiger charge is 2.27. The summed E-state index contributed by atoms with van der Waals surface area (Å²) in [6.45, 7) is 9.02. The van der Waals surface area contributed by atoms with Crippen molar-refractivity contribution < 1.29 is 4.58 Å². The molecule has 0 radical (unpaired) electrons. The van der Waals surface area contributed by atoms with E-state index in [0.717, 1.165) is 0 Å². The summed E-state index contributed by atoms with van der Waals surface area (Å²) in [6, 6.07) is 14.8. The van der Waals surface area contributed by atoms with Crippen LogP contribution in [0.4, 0.5) is 11.4 Å². The van der Waals surface area contributed by atoms with Crippen molar-refractivity contribution in [2.45, 2.75) is 65.5 Å². The molecule has 0 aliphatic carbocycles. The number of nitrogens with zero attached hydrogens (tertiary/aromatic N) is 2. The van der Waals surface area contributed by atoms with Crippen molar-refractivity contribution in [1.82, 2.24) is 0 Å². The number of benzene rings is 2. The number of hydrogen-bond donors (Lipinski definition) is 0. The Kier molecular flexibility index (Phi) is 4.90. The lowest BCUT2D eigenvalue weighted by Gasteiger charge is -2.34. The van der Waals surface area contributed by atoms with Crippen LogP contribution in [0.2, 0.25) is 0 Å². The second-order valence-electron chi connectivity index (χ2n) is 8.34. The Balaban J connectivity index is 1.64. The minimum atomic E-state index is 0.540. The molecule has 2 aliphatic heterocycles. The van der Waals surface area contributed by atoms with Crippen molar-refractivity contribution in [2.75, 3.05) is 4.90 Å². The highest BCUT2D eigenvalue weighted by Crippen LogP contribution is 2.32. The topological polar surface area (TPSA) is 6.25 Å². The summed E-state index contributed by atoms with van der Waals surface area (Å²) < 4.78 is 2.44. The molecule has 27 heavy (non-hydrogen) atoms. The van der Waals surface area contributed by atoms with Gasteiger partial charge in [0.2, 0.25) is 5.69 Å². The first-order valence-corrected chi connectivity index (χ1v) is 10.3. The molecule has 0 N–H and O–H groups in total. The van der Waals surface area contributed by atoms with E-state index in [4.69, 9.17) is 0 Å². The second kappa shape index (κ2) is 7.34. The molecule has 2 aromatic rings. The minimum absolute atomic E-state index is 0.540. The molecule has 0 spiro atoms. The highest BCUT2D eigenvalue weighted by atomic mass is 15.1. The van der Waals surface area contributed by atoms with Crippen molar-refractivity contribution >= 4 is 17.6 Å². The van der Waals surface area contributed by atoms with Gasteiger partial charge in [-0.25, -0.2) is 0 Å². The Hall–Kier alpha value is -2.35. The third-order valence-electron chi connectivity index (χ3n) is 6.13. The lowest BCUT2D eigenvalue weighted by atomic mass is 9.95. The molecule has 0 saturated heterocycles. The van der Waals surface area contributed by atoms with Crippen molar-refractivity contribution in [3.8, 4) is 0 Å². The number of aryl methyl sites for hydroxylation is 4. The Morgan fingerprint density at radius 2 is 1.63 bits per heavy atom. The van der Waals surface area contributed by atoms with E-state index in [2.05, 4.69) is 92.1 Å². The van der Waals surface area contributed by atoms with Gasteiger partial charge in [-0.15, -0.1) is 0 Å². The monoisotopic (exact) mass is 359 g/mol. The first-order chi connectivity index (χ1) is 13.0. The molecule has 2 aliphatic rings. The molecule has 2 heteroatoms. The lowest BCUT2D eigenvalue weighted by Crippen LogP contribution is -2.33. The molecule has 4 rings (SSSR count). The van der Waals surface area contributed by atoms with Crippen LogP contribution in [0, 0.1) is 13.8 Å². The van der Waals surface area contributed by atoms with Gasteiger partial charge in [0.25, 0.3) is 0 Å². The fourth-order valence-electron chi connectivity index (χ4n) is 4.49. The Morgan fingerprint density at radius 1 is 0.926 bits per heavy atom. The number of anilines is 1. The van der Waals surface area contributed by atoms with Crippen molar-refractivity contribution in [3.05, 3.63) is 70.9 Å². The maximum Gasteiger partial charge on any atom is 0.208 e. The van der Waals surface area contributed by atoms with Crippen LogP contribution < -0.4 is 4.90 Å². The van der Waals surface area contributed by atoms with Crippen LogP contribution in [-0.2, 0) is 12.8 Å². The fraction of sp³-hybridized carbons (Fsp3) is 0.400. The zero-order valence-corrected chi connectivity index (χ0v) is 17.1. The zero-order valence-electron chi connectivity index (χ0n) is 17.1. The van der Waals surface area contributed by atoms with E-state index < -0.39 is 0 Å². The molecule has 2 unspecified atom stereocenters. The zero-order chi connectivity index (χ0) is 19.0. The normalized spacial score (nSPS) is 23.6. The predicted octanol–water partition coefficient (Wildman–Crippen LogP) is 5.71. The van der Waals surface area contributed by atoms with Gasteiger partial charge >= 0.3 is 0 Å². The summed E-state index contributed by atoms with van der Waals surface area (Å²) in [7, 11) is 0. The number of rotatable bonds is 2. The molecule has 2 nitrogen and oxygen atoms in total. The molecule has 0 saturated carbocycles. The third kappa shape index (κ3) is 3.58. The highest BCUT2D eigenvalue weighted by molar-refractivity contribution is 5.70. The SMILES string of the molecule is Cc1ccc2c(c1)CCC(C)N2/C=C/C=[N+]1c2ccc(C)cc2CCC1C. The number of hydrogen-bond acceptors (Lipinski definition) is 1. The van der Waals surface area contributed by atoms with E-state index in [1.54, 1.807) is 0 Å². The van der Waals surface area contributed by atoms with Crippen molar-refractivity contribution in [1.29, 1.82) is 0 Å². The van der Waals surface area contributed by atoms with E-state index in [9.17, 15) is 0 Å². The summed E-state index contributed by atoms with van der Waals surface area (Å²) >= 11 is 0. The van der Waals surface area contributed by atoms with Crippen LogP contribution in [-0.4, -0.2) is 22.9 Å². The number of allylic oxidation sites excluding steroid dienone is 1. The van der Waals surface area contributed by atoms with Gasteiger partial charge in [-0.05, 0) is 64.7 Å². The Labute approximate surface area is 163 Å². The predicted molar refractivity (Wildman–Crippen MR) is 116 cm³/mol. The smallest absolute Gasteiger partial charge is 0.208 e. The minimum Gasteiger partial charge on any atom is -0.345 e.